The highest BCUT2D eigenvalue weighted by Crippen LogP contribution is 2.30. The minimum absolute atomic E-state index is 0.0663. The summed E-state index contributed by atoms with van der Waals surface area (Å²) in [4.78, 5) is 48.3. The van der Waals surface area contributed by atoms with E-state index in [1.807, 2.05) is 36.4 Å². The van der Waals surface area contributed by atoms with Gasteiger partial charge in [0.1, 0.15) is 11.5 Å². The summed E-state index contributed by atoms with van der Waals surface area (Å²) in [6, 6.07) is 24.5. The second kappa shape index (κ2) is 18.0. The maximum absolute atomic E-state index is 12.5. The maximum Gasteiger partial charge on any atom is 0.338 e. The summed E-state index contributed by atoms with van der Waals surface area (Å²) in [5.74, 6) is 10.7. The fourth-order valence-corrected chi connectivity index (χ4v) is 4.22. The Morgan fingerprint density at radius 2 is 0.981 bits per heavy atom. The van der Waals surface area contributed by atoms with Gasteiger partial charge in [0.25, 0.3) is 0 Å². The standard InChI is InChI=1S/C45H34O8/c1-8-41(46)53-42-37(18-12-33-13-23-38(24-14-33)51-44(48)30(4)5)20-19-36(40(42)27-28-50-43(47)29(2)3)17-11-32-9-15-34(16-10-32)35-21-25-39(26-22-35)52-45(49)31(6)7/h8-10,13-16,19-28H,1-2,4,6H2,3,5,7H3. The lowest BCUT2D eigenvalue weighted by atomic mass is 10.0. The molecule has 4 rings (SSSR count). The van der Waals surface area contributed by atoms with Crippen LogP contribution in [0.1, 0.15) is 48.6 Å². The number of ether oxygens (including phenoxy) is 4. The second-order valence-corrected chi connectivity index (χ2v) is 11.5. The Hall–Kier alpha value is -7.42. The predicted molar refractivity (Wildman–Crippen MR) is 203 cm³/mol. The second-order valence-electron chi connectivity index (χ2n) is 11.5. The molecule has 4 aromatic carbocycles. The van der Waals surface area contributed by atoms with Crippen LogP contribution in [0.15, 0.2) is 140 Å². The van der Waals surface area contributed by atoms with Crippen LogP contribution in [0.5, 0.6) is 17.2 Å². The van der Waals surface area contributed by atoms with Crippen LogP contribution in [0.3, 0.4) is 0 Å². The molecule has 53 heavy (non-hydrogen) atoms. The molecule has 0 aliphatic heterocycles. The van der Waals surface area contributed by atoms with Gasteiger partial charge in [0.15, 0.2) is 5.75 Å². The number of esters is 4. The highest BCUT2D eigenvalue weighted by atomic mass is 16.5. The Kier molecular flexibility index (Phi) is 13.0. The summed E-state index contributed by atoms with van der Waals surface area (Å²) < 4.78 is 21.4. The van der Waals surface area contributed by atoms with E-state index in [-0.39, 0.29) is 16.9 Å². The van der Waals surface area contributed by atoms with Crippen molar-refractivity contribution in [2.45, 2.75) is 20.8 Å². The highest BCUT2D eigenvalue weighted by Gasteiger charge is 2.15. The zero-order valence-electron chi connectivity index (χ0n) is 29.4. The van der Waals surface area contributed by atoms with Crippen LogP contribution < -0.4 is 14.2 Å². The third-order valence-corrected chi connectivity index (χ3v) is 7.05. The minimum atomic E-state index is -0.743. The number of hydrogen-bond donors (Lipinski definition) is 0. The van der Waals surface area contributed by atoms with Crippen LogP contribution in [0, 0.1) is 23.7 Å². The Morgan fingerprint density at radius 3 is 1.47 bits per heavy atom. The molecule has 0 saturated carbocycles. The first kappa shape index (κ1) is 38.4. The zero-order chi connectivity index (χ0) is 38.5. The summed E-state index contributed by atoms with van der Waals surface area (Å²) in [5, 5.41) is 0. The molecule has 0 N–H and O–H groups in total. The number of hydrogen-bond acceptors (Lipinski definition) is 8. The van der Waals surface area contributed by atoms with Gasteiger partial charge >= 0.3 is 23.9 Å². The Balaban J connectivity index is 1.69. The molecule has 8 heteroatoms. The van der Waals surface area contributed by atoms with Crippen molar-refractivity contribution in [3.05, 3.63) is 168 Å². The molecule has 0 spiro atoms. The number of rotatable bonds is 10. The molecule has 0 aromatic heterocycles. The SMILES string of the molecule is C=CC(=O)Oc1c(C#Cc2ccc(OC(=O)C(=C)C)cc2)ccc(C#Cc2ccc(-c3ccc(OC(=O)C(=C)C)cc3)cc2)c1C=COC(=O)C(=C)C. The number of benzene rings is 4. The average Bonchev–Trinajstić information content (AvgIpc) is 3.15. The van der Waals surface area contributed by atoms with Gasteiger partial charge in [-0.25, -0.2) is 19.2 Å². The van der Waals surface area contributed by atoms with E-state index < -0.39 is 23.9 Å². The lowest BCUT2D eigenvalue weighted by Gasteiger charge is -2.11. The number of carbonyl (C=O) groups excluding carboxylic acids is 4. The third-order valence-electron chi connectivity index (χ3n) is 7.05. The lowest BCUT2D eigenvalue weighted by Crippen LogP contribution is -2.08. The van der Waals surface area contributed by atoms with Gasteiger partial charge in [-0.3, -0.25) is 0 Å². The van der Waals surface area contributed by atoms with Gasteiger partial charge in [0.2, 0.25) is 0 Å². The molecule has 0 fully saturated rings. The molecule has 0 atom stereocenters. The zero-order valence-corrected chi connectivity index (χ0v) is 29.4. The van der Waals surface area contributed by atoms with Crippen LogP contribution in [-0.2, 0) is 23.9 Å². The van der Waals surface area contributed by atoms with Crippen molar-refractivity contribution in [3.8, 4) is 52.1 Å². The summed E-state index contributed by atoms with van der Waals surface area (Å²) in [6.45, 7) is 18.9. The highest BCUT2D eigenvalue weighted by molar-refractivity contribution is 5.90. The average molecular weight is 703 g/mol. The van der Waals surface area contributed by atoms with Crippen LogP contribution in [-0.4, -0.2) is 23.9 Å². The number of carbonyl (C=O) groups is 4. The largest absolute Gasteiger partial charge is 0.431 e. The van der Waals surface area contributed by atoms with Crippen LogP contribution in [0.4, 0.5) is 0 Å². The molecule has 4 aromatic rings. The normalized spacial score (nSPS) is 10.0. The van der Waals surface area contributed by atoms with Crippen molar-refractivity contribution in [2.24, 2.45) is 0 Å². The van der Waals surface area contributed by atoms with Gasteiger partial charge in [-0.1, -0.05) is 74.3 Å². The first-order valence-electron chi connectivity index (χ1n) is 16.0. The van der Waals surface area contributed by atoms with E-state index in [1.54, 1.807) is 62.4 Å². The van der Waals surface area contributed by atoms with Crippen molar-refractivity contribution in [1.29, 1.82) is 0 Å². The van der Waals surface area contributed by atoms with E-state index in [1.165, 1.54) is 13.0 Å². The van der Waals surface area contributed by atoms with Crippen molar-refractivity contribution in [1.82, 2.24) is 0 Å². The van der Waals surface area contributed by atoms with Crippen molar-refractivity contribution in [2.75, 3.05) is 0 Å². The monoisotopic (exact) mass is 702 g/mol. The molecule has 0 amide bonds. The summed E-state index contributed by atoms with van der Waals surface area (Å²) >= 11 is 0. The van der Waals surface area contributed by atoms with Crippen LogP contribution in [0.2, 0.25) is 0 Å². The van der Waals surface area contributed by atoms with E-state index in [9.17, 15) is 19.2 Å². The fourth-order valence-electron chi connectivity index (χ4n) is 4.22. The van der Waals surface area contributed by atoms with E-state index in [2.05, 4.69) is 50.0 Å². The molecule has 8 nitrogen and oxygen atoms in total. The maximum atomic E-state index is 12.5. The molecule has 0 aliphatic carbocycles. The van der Waals surface area contributed by atoms with E-state index >= 15 is 0 Å². The third kappa shape index (κ3) is 11.0. The Morgan fingerprint density at radius 1 is 0.547 bits per heavy atom. The van der Waals surface area contributed by atoms with E-state index in [4.69, 9.17) is 18.9 Å². The molecular weight excluding hydrogens is 668 g/mol. The Labute approximate surface area is 308 Å². The van der Waals surface area contributed by atoms with Gasteiger partial charge in [-0.2, -0.15) is 0 Å². The van der Waals surface area contributed by atoms with Crippen molar-refractivity contribution in [3.63, 3.8) is 0 Å². The summed E-state index contributed by atoms with van der Waals surface area (Å²) in [6.07, 6.45) is 3.62. The predicted octanol–water partition coefficient (Wildman–Crippen LogP) is 8.30. The smallest absolute Gasteiger partial charge is 0.338 e. The lowest BCUT2D eigenvalue weighted by molar-refractivity contribution is -0.133. The molecule has 0 radical (unpaired) electrons. The molecule has 262 valence electrons. The first-order valence-corrected chi connectivity index (χ1v) is 16.0. The molecule has 0 saturated heterocycles. The van der Waals surface area contributed by atoms with Crippen molar-refractivity contribution >= 4 is 30.0 Å². The van der Waals surface area contributed by atoms with Gasteiger partial charge in [0.05, 0.1) is 11.8 Å². The van der Waals surface area contributed by atoms with Gasteiger partial charge < -0.3 is 18.9 Å². The molecule has 0 bridgehead atoms. The Bertz CT molecular complexity index is 2280. The molecule has 0 aliphatic rings. The summed E-state index contributed by atoms with van der Waals surface area (Å²) in [7, 11) is 0. The van der Waals surface area contributed by atoms with Gasteiger partial charge in [-0.15, -0.1) is 0 Å². The minimum Gasteiger partial charge on any atom is -0.431 e. The van der Waals surface area contributed by atoms with Crippen LogP contribution >= 0.6 is 0 Å². The van der Waals surface area contributed by atoms with E-state index in [0.717, 1.165) is 23.5 Å². The fraction of sp³-hybridized carbons (Fsp3) is 0.0667. The summed E-state index contributed by atoms with van der Waals surface area (Å²) in [5.41, 5.74) is 4.96. The molecular formula is C45H34O8. The van der Waals surface area contributed by atoms with Gasteiger partial charge in [0, 0.05) is 45.0 Å². The molecule has 0 heterocycles. The topological polar surface area (TPSA) is 105 Å². The van der Waals surface area contributed by atoms with Crippen LogP contribution in [0.25, 0.3) is 17.2 Å². The van der Waals surface area contributed by atoms with Crippen molar-refractivity contribution < 1.29 is 38.1 Å². The van der Waals surface area contributed by atoms with Gasteiger partial charge in [-0.05, 0) is 98.6 Å². The quantitative estimate of drug-likeness (QED) is 0.0535. The molecule has 0 unspecified atom stereocenters. The first-order chi connectivity index (χ1) is 25.3. The van der Waals surface area contributed by atoms with E-state index in [0.29, 0.717) is 44.9 Å².